The van der Waals surface area contributed by atoms with Crippen LogP contribution in [0, 0.1) is 5.92 Å². The molecule has 0 amide bonds. The van der Waals surface area contributed by atoms with Gasteiger partial charge in [0.15, 0.2) is 5.82 Å². The van der Waals surface area contributed by atoms with Crippen molar-refractivity contribution in [2.45, 2.75) is 44.0 Å². The van der Waals surface area contributed by atoms with E-state index in [1.807, 2.05) is 0 Å². The van der Waals surface area contributed by atoms with E-state index < -0.39 is 18.6 Å². The fourth-order valence-electron chi connectivity index (χ4n) is 3.79. The smallest absolute Gasteiger partial charge is 0.451 e. The minimum absolute atomic E-state index is 0.179. The van der Waals surface area contributed by atoms with Crippen LogP contribution in [-0.4, -0.2) is 51.8 Å². The molecule has 6 N–H and O–H groups in total. The summed E-state index contributed by atoms with van der Waals surface area (Å²) in [5.74, 6) is -0.512. The summed E-state index contributed by atoms with van der Waals surface area (Å²) < 4.78 is 0. The summed E-state index contributed by atoms with van der Waals surface area (Å²) in [5, 5.41) is 31.8. The number of hydrogen-bond donors (Lipinski definition) is 5. The van der Waals surface area contributed by atoms with Crippen LogP contribution in [-0.2, 0) is 4.79 Å². The van der Waals surface area contributed by atoms with Crippen LogP contribution in [0.3, 0.4) is 0 Å². The predicted molar refractivity (Wildman–Crippen MR) is 120 cm³/mol. The largest absolute Gasteiger partial charge is 0.480 e. The van der Waals surface area contributed by atoms with Crippen molar-refractivity contribution in [2.24, 2.45) is 11.7 Å². The summed E-state index contributed by atoms with van der Waals surface area (Å²) >= 11 is 12.0. The van der Waals surface area contributed by atoms with Gasteiger partial charge in [-0.15, -0.1) is 0 Å². The van der Waals surface area contributed by atoms with Gasteiger partial charge < -0.3 is 31.1 Å². The Bertz CT molecular complexity index is 796. The fourth-order valence-corrected chi connectivity index (χ4v) is 4.09. The molecule has 1 saturated heterocycles. The minimum atomic E-state index is -1.38. The predicted octanol–water partition coefficient (Wildman–Crippen LogP) is 3.17. The SMILES string of the molecule is C=C=C(Nc1ccc(Cl)c(Cl)c1)N1CCC(C(N)(CCCCB(O)O)C(=O)O)CC1. The molecular weight excluding hydrogens is 428 g/mol. The molecule has 1 aromatic carbocycles. The van der Waals surface area contributed by atoms with E-state index in [4.69, 9.17) is 39.0 Å². The van der Waals surface area contributed by atoms with Gasteiger partial charge in [-0.1, -0.05) is 48.4 Å². The maximum atomic E-state index is 11.9. The average Bonchev–Trinajstić information content (AvgIpc) is 2.71. The van der Waals surface area contributed by atoms with Crippen molar-refractivity contribution in [3.05, 3.63) is 46.4 Å². The zero-order chi connectivity index (χ0) is 22.3. The molecule has 0 radical (unpaired) electrons. The molecule has 2 rings (SSSR count). The van der Waals surface area contributed by atoms with Gasteiger partial charge in [0.05, 0.1) is 10.0 Å². The first kappa shape index (κ1) is 24.6. The van der Waals surface area contributed by atoms with Crippen LogP contribution in [0.15, 0.2) is 36.3 Å². The Labute approximate surface area is 187 Å². The Hall–Kier alpha value is -1.67. The van der Waals surface area contributed by atoms with Crippen molar-refractivity contribution in [1.82, 2.24) is 4.90 Å². The summed E-state index contributed by atoms with van der Waals surface area (Å²) in [7, 11) is -1.38. The van der Waals surface area contributed by atoms with Crippen LogP contribution in [0.25, 0.3) is 0 Å². The lowest BCUT2D eigenvalue weighted by molar-refractivity contribution is -0.146. The summed E-state index contributed by atoms with van der Waals surface area (Å²) in [6.45, 7) is 4.97. The summed E-state index contributed by atoms with van der Waals surface area (Å²) in [6, 6.07) is 5.22. The number of nitrogens with zero attached hydrogens (tertiary/aromatic N) is 1. The Morgan fingerprint density at radius 1 is 1.30 bits per heavy atom. The van der Waals surface area contributed by atoms with Gasteiger partial charge in [0, 0.05) is 18.8 Å². The van der Waals surface area contributed by atoms with Gasteiger partial charge in [-0.2, -0.15) is 0 Å². The summed E-state index contributed by atoms with van der Waals surface area (Å²) in [6.07, 6.45) is 2.77. The Morgan fingerprint density at radius 2 is 1.97 bits per heavy atom. The molecule has 1 aliphatic rings. The van der Waals surface area contributed by atoms with Gasteiger partial charge in [-0.05, 0) is 49.7 Å². The first-order chi connectivity index (χ1) is 14.2. The number of halogens is 2. The molecule has 1 fully saturated rings. The third kappa shape index (κ3) is 6.41. The number of carboxylic acids is 1. The first-order valence-corrected chi connectivity index (χ1v) is 10.7. The Kier molecular flexibility index (Phi) is 9.10. The van der Waals surface area contributed by atoms with Crippen molar-refractivity contribution >= 4 is 42.0 Å². The van der Waals surface area contributed by atoms with Gasteiger partial charge in [0.2, 0.25) is 0 Å². The number of aliphatic carboxylic acids is 1. The lowest BCUT2D eigenvalue weighted by Crippen LogP contribution is -2.57. The minimum Gasteiger partial charge on any atom is -0.480 e. The van der Waals surface area contributed by atoms with E-state index in [-0.39, 0.29) is 12.2 Å². The molecule has 1 atom stereocenters. The molecule has 1 aliphatic heterocycles. The van der Waals surface area contributed by atoms with Crippen LogP contribution < -0.4 is 11.1 Å². The van der Waals surface area contributed by atoms with E-state index >= 15 is 0 Å². The zero-order valence-corrected chi connectivity index (χ0v) is 18.3. The topological polar surface area (TPSA) is 119 Å². The maximum absolute atomic E-state index is 11.9. The summed E-state index contributed by atoms with van der Waals surface area (Å²) in [5.41, 5.74) is 8.63. The molecule has 1 aromatic rings. The molecule has 7 nitrogen and oxygen atoms in total. The third-order valence-electron chi connectivity index (χ3n) is 5.59. The number of unbranched alkanes of at least 4 members (excludes halogenated alkanes) is 1. The van der Waals surface area contributed by atoms with Gasteiger partial charge in [0.1, 0.15) is 5.54 Å². The number of hydrogen-bond acceptors (Lipinski definition) is 6. The molecule has 0 saturated carbocycles. The highest BCUT2D eigenvalue weighted by atomic mass is 35.5. The molecule has 164 valence electrons. The van der Waals surface area contributed by atoms with E-state index in [1.165, 1.54) is 0 Å². The molecule has 10 heteroatoms. The Balaban J connectivity index is 1.97. The molecule has 1 heterocycles. The van der Waals surface area contributed by atoms with Crippen molar-refractivity contribution in [3.63, 3.8) is 0 Å². The number of carboxylic acid groups (broad SMARTS) is 1. The van der Waals surface area contributed by atoms with Crippen LogP contribution >= 0.6 is 23.2 Å². The van der Waals surface area contributed by atoms with E-state index in [2.05, 4.69) is 22.5 Å². The first-order valence-electron chi connectivity index (χ1n) is 9.93. The monoisotopic (exact) mass is 455 g/mol. The number of likely N-dealkylation sites (tertiary alicyclic amines) is 1. The number of rotatable bonds is 10. The molecule has 0 bridgehead atoms. The van der Waals surface area contributed by atoms with E-state index in [9.17, 15) is 9.90 Å². The van der Waals surface area contributed by atoms with Crippen molar-refractivity contribution in [3.8, 4) is 0 Å². The van der Waals surface area contributed by atoms with Gasteiger partial charge >= 0.3 is 13.1 Å². The van der Waals surface area contributed by atoms with Crippen LogP contribution in [0.5, 0.6) is 0 Å². The number of piperidine rings is 1. The number of nitrogens with two attached hydrogens (primary N) is 1. The van der Waals surface area contributed by atoms with E-state index in [0.717, 1.165) is 5.69 Å². The molecular formula is C20H28BCl2N3O4. The lowest BCUT2D eigenvalue weighted by atomic mass is 9.74. The highest BCUT2D eigenvalue weighted by Gasteiger charge is 2.43. The number of carbonyl (C=O) groups is 1. The van der Waals surface area contributed by atoms with E-state index in [1.54, 1.807) is 18.2 Å². The van der Waals surface area contributed by atoms with Gasteiger partial charge in [0.25, 0.3) is 0 Å². The normalized spacial score (nSPS) is 16.5. The maximum Gasteiger partial charge on any atom is 0.451 e. The number of nitrogens with one attached hydrogen (secondary N) is 1. The summed E-state index contributed by atoms with van der Waals surface area (Å²) in [4.78, 5) is 14.0. The van der Waals surface area contributed by atoms with Crippen molar-refractivity contribution < 1.29 is 19.9 Å². The number of benzene rings is 1. The fraction of sp³-hybridized carbons (Fsp3) is 0.500. The van der Waals surface area contributed by atoms with Crippen LogP contribution in [0.4, 0.5) is 5.69 Å². The quantitative estimate of drug-likeness (QED) is 0.209. The molecule has 0 aromatic heterocycles. The lowest BCUT2D eigenvalue weighted by Gasteiger charge is -2.41. The van der Waals surface area contributed by atoms with Gasteiger partial charge in [-0.25, -0.2) is 0 Å². The second-order valence-electron chi connectivity index (χ2n) is 7.61. The van der Waals surface area contributed by atoms with Gasteiger partial charge in [-0.3, -0.25) is 4.79 Å². The molecule has 30 heavy (non-hydrogen) atoms. The van der Waals surface area contributed by atoms with E-state index in [0.29, 0.717) is 61.1 Å². The molecule has 0 spiro atoms. The van der Waals surface area contributed by atoms with Crippen molar-refractivity contribution in [1.29, 1.82) is 0 Å². The second-order valence-corrected chi connectivity index (χ2v) is 8.43. The second kappa shape index (κ2) is 11.1. The molecule has 1 unspecified atom stereocenters. The number of anilines is 1. The van der Waals surface area contributed by atoms with Crippen LogP contribution in [0.1, 0.15) is 32.1 Å². The standard InChI is InChI=1S/C20H28BCl2N3O4/c1-2-18(25-15-5-6-16(22)17(23)13-15)26-11-7-14(8-12-26)20(24,19(27)28)9-3-4-10-21(29)30/h5-6,13-14,25,29-30H,1,3-4,7-12,24H2,(H,27,28). The van der Waals surface area contributed by atoms with Crippen LogP contribution in [0.2, 0.25) is 16.4 Å². The average molecular weight is 456 g/mol. The molecule has 0 aliphatic carbocycles. The zero-order valence-electron chi connectivity index (χ0n) is 16.8. The third-order valence-corrected chi connectivity index (χ3v) is 6.33. The highest BCUT2D eigenvalue weighted by molar-refractivity contribution is 6.42. The Morgan fingerprint density at radius 3 is 2.50 bits per heavy atom. The van der Waals surface area contributed by atoms with Crippen molar-refractivity contribution in [2.75, 3.05) is 18.4 Å². The highest BCUT2D eigenvalue weighted by Crippen LogP contribution is 2.33.